The maximum atomic E-state index is 12.4. The highest BCUT2D eigenvalue weighted by atomic mass is 32.2. The Morgan fingerprint density at radius 1 is 1.16 bits per heavy atom. The Bertz CT molecular complexity index is 737. The number of H-pyrrole nitrogens is 1. The van der Waals surface area contributed by atoms with Gasteiger partial charge in [-0.1, -0.05) is 18.2 Å². The minimum atomic E-state index is -3.38. The summed E-state index contributed by atoms with van der Waals surface area (Å²) in [4.78, 5) is 3.10. The van der Waals surface area contributed by atoms with E-state index in [-0.39, 0.29) is 4.90 Å². The normalized spacial score (nSPS) is 11.5. The molecule has 0 aliphatic heterocycles. The van der Waals surface area contributed by atoms with Gasteiger partial charge in [0, 0.05) is 23.5 Å². The molecule has 0 radical (unpaired) electrons. The first-order valence-corrected chi connectivity index (χ1v) is 7.43. The first-order valence-electron chi connectivity index (χ1n) is 5.88. The SMILES string of the molecule is CC(C)S(=O)(=O)c1ccccc1-c1c[nH]cc1C#N. The van der Waals surface area contributed by atoms with Crippen LogP contribution in [0.25, 0.3) is 11.1 Å². The second-order valence-electron chi connectivity index (χ2n) is 4.48. The average molecular weight is 274 g/mol. The summed E-state index contributed by atoms with van der Waals surface area (Å²) in [5, 5.41) is 8.55. The van der Waals surface area contributed by atoms with Crippen molar-refractivity contribution in [1.82, 2.24) is 4.98 Å². The average Bonchev–Trinajstić information content (AvgIpc) is 2.86. The highest BCUT2D eigenvalue weighted by molar-refractivity contribution is 7.92. The van der Waals surface area contributed by atoms with E-state index in [0.29, 0.717) is 16.7 Å². The summed E-state index contributed by atoms with van der Waals surface area (Å²) in [7, 11) is -3.38. The third-order valence-electron chi connectivity index (χ3n) is 2.97. The van der Waals surface area contributed by atoms with Crippen molar-refractivity contribution in [3.8, 4) is 17.2 Å². The molecule has 0 aliphatic rings. The highest BCUT2D eigenvalue weighted by Gasteiger charge is 2.23. The van der Waals surface area contributed by atoms with E-state index in [1.165, 1.54) is 0 Å². The number of hydrogen-bond donors (Lipinski definition) is 1. The second-order valence-corrected chi connectivity index (χ2v) is 6.96. The summed E-state index contributed by atoms with van der Waals surface area (Å²) in [6.45, 7) is 3.29. The predicted octanol–water partition coefficient (Wildman–Crippen LogP) is 2.74. The molecule has 1 heterocycles. The lowest BCUT2D eigenvalue weighted by Gasteiger charge is -2.12. The van der Waals surface area contributed by atoms with Gasteiger partial charge in [0.25, 0.3) is 0 Å². The molecule has 0 atom stereocenters. The molecule has 4 nitrogen and oxygen atoms in total. The van der Waals surface area contributed by atoms with E-state index in [1.54, 1.807) is 50.5 Å². The largest absolute Gasteiger partial charge is 0.366 e. The van der Waals surface area contributed by atoms with Crippen molar-refractivity contribution in [1.29, 1.82) is 5.26 Å². The van der Waals surface area contributed by atoms with E-state index in [9.17, 15) is 8.42 Å². The molecule has 0 unspecified atom stereocenters. The zero-order valence-corrected chi connectivity index (χ0v) is 11.5. The fourth-order valence-corrected chi connectivity index (χ4v) is 3.13. The molecule has 0 aliphatic carbocycles. The maximum Gasteiger partial charge on any atom is 0.181 e. The van der Waals surface area contributed by atoms with Gasteiger partial charge in [0.05, 0.1) is 15.7 Å². The van der Waals surface area contributed by atoms with Crippen LogP contribution in [0.3, 0.4) is 0 Å². The molecule has 1 aromatic carbocycles. The predicted molar refractivity (Wildman–Crippen MR) is 73.3 cm³/mol. The molecule has 0 spiro atoms. The van der Waals surface area contributed by atoms with Crippen molar-refractivity contribution in [2.75, 3.05) is 0 Å². The van der Waals surface area contributed by atoms with E-state index in [1.807, 2.05) is 0 Å². The van der Waals surface area contributed by atoms with Crippen LogP contribution < -0.4 is 0 Å². The molecule has 1 aromatic heterocycles. The Morgan fingerprint density at radius 2 is 1.84 bits per heavy atom. The maximum absolute atomic E-state index is 12.4. The lowest BCUT2D eigenvalue weighted by Crippen LogP contribution is -2.15. The van der Waals surface area contributed by atoms with Crippen LogP contribution in [-0.2, 0) is 9.84 Å². The lowest BCUT2D eigenvalue weighted by molar-refractivity contribution is 0.587. The van der Waals surface area contributed by atoms with Crippen LogP contribution in [-0.4, -0.2) is 18.7 Å². The summed E-state index contributed by atoms with van der Waals surface area (Å²) in [5.41, 5.74) is 1.61. The van der Waals surface area contributed by atoms with Crippen molar-refractivity contribution >= 4 is 9.84 Å². The quantitative estimate of drug-likeness (QED) is 0.935. The standard InChI is InChI=1S/C14H14N2O2S/c1-10(2)19(17,18)14-6-4-3-5-12(14)13-9-16-8-11(13)7-15/h3-6,8-10,16H,1-2H3. The Balaban J connectivity index is 2.72. The van der Waals surface area contributed by atoms with E-state index in [2.05, 4.69) is 11.1 Å². The number of aromatic amines is 1. The van der Waals surface area contributed by atoms with Gasteiger partial charge in [-0.25, -0.2) is 8.42 Å². The molecule has 0 saturated carbocycles. The Morgan fingerprint density at radius 3 is 2.47 bits per heavy atom. The van der Waals surface area contributed by atoms with Gasteiger partial charge >= 0.3 is 0 Å². The summed E-state index contributed by atoms with van der Waals surface area (Å²) in [6.07, 6.45) is 3.21. The minimum Gasteiger partial charge on any atom is -0.366 e. The van der Waals surface area contributed by atoms with Crippen molar-refractivity contribution in [2.24, 2.45) is 0 Å². The van der Waals surface area contributed by atoms with Crippen LogP contribution in [0.15, 0.2) is 41.6 Å². The Hall–Kier alpha value is -2.06. The molecule has 0 bridgehead atoms. The molecule has 2 rings (SSSR count). The number of nitrogens with one attached hydrogen (secondary N) is 1. The molecule has 98 valence electrons. The summed E-state index contributed by atoms with van der Waals surface area (Å²) < 4.78 is 24.7. The fourth-order valence-electron chi connectivity index (χ4n) is 1.87. The molecular formula is C14H14N2O2S. The molecule has 0 fully saturated rings. The van der Waals surface area contributed by atoms with E-state index in [4.69, 9.17) is 5.26 Å². The number of aromatic nitrogens is 1. The second kappa shape index (κ2) is 4.90. The van der Waals surface area contributed by atoms with Crippen molar-refractivity contribution < 1.29 is 8.42 Å². The van der Waals surface area contributed by atoms with Gasteiger partial charge in [0.2, 0.25) is 0 Å². The molecule has 0 amide bonds. The first kappa shape index (κ1) is 13.4. The molecular weight excluding hydrogens is 260 g/mol. The third kappa shape index (κ3) is 2.27. The van der Waals surface area contributed by atoms with E-state index >= 15 is 0 Å². The van der Waals surface area contributed by atoms with Crippen LogP contribution in [0.1, 0.15) is 19.4 Å². The smallest absolute Gasteiger partial charge is 0.181 e. The topological polar surface area (TPSA) is 73.7 Å². The lowest BCUT2D eigenvalue weighted by atomic mass is 10.1. The van der Waals surface area contributed by atoms with Gasteiger partial charge in [-0.15, -0.1) is 0 Å². The van der Waals surface area contributed by atoms with Crippen molar-refractivity contribution in [3.63, 3.8) is 0 Å². The first-order chi connectivity index (χ1) is 8.98. The van der Waals surface area contributed by atoms with Gasteiger partial charge in [-0.3, -0.25) is 0 Å². The minimum absolute atomic E-state index is 0.265. The van der Waals surface area contributed by atoms with Crippen molar-refractivity contribution in [3.05, 3.63) is 42.2 Å². The number of benzene rings is 1. The van der Waals surface area contributed by atoms with Crippen LogP contribution in [0.4, 0.5) is 0 Å². The van der Waals surface area contributed by atoms with Crippen LogP contribution in [0.5, 0.6) is 0 Å². The molecule has 5 heteroatoms. The zero-order chi connectivity index (χ0) is 14.0. The van der Waals surface area contributed by atoms with E-state index in [0.717, 1.165) is 0 Å². The highest BCUT2D eigenvalue weighted by Crippen LogP contribution is 2.31. The number of hydrogen-bond acceptors (Lipinski definition) is 3. The Labute approximate surface area is 112 Å². The summed E-state index contributed by atoms with van der Waals surface area (Å²) >= 11 is 0. The number of nitrogens with zero attached hydrogens (tertiary/aromatic N) is 1. The van der Waals surface area contributed by atoms with Gasteiger partial charge in [-0.2, -0.15) is 5.26 Å². The zero-order valence-electron chi connectivity index (χ0n) is 10.7. The third-order valence-corrected chi connectivity index (χ3v) is 5.18. The van der Waals surface area contributed by atoms with Crippen molar-refractivity contribution in [2.45, 2.75) is 24.0 Å². The van der Waals surface area contributed by atoms with Crippen LogP contribution in [0, 0.1) is 11.3 Å². The van der Waals surface area contributed by atoms with Crippen LogP contribution >= 0.6 is 0 Å². The molecule has 19 heavy (non-hydrogen) atoms. The van der Waals surface area contributed by atoms with Crippen LogP contribution in [0.2, 0.25) is 0 Å². The number of nitriles is 1. The van der Waals surface area contributed by atoms with Gasteiger partial charge in [0.15, 0.2) is 9.84 Å². The summed E-state index contributed by atoms with van der Waals surface area (Å²) in [5.74, 6) is 0. The monoisotopic (exact) mass is 274 g/mol. The van der Waals surface area contributed by atoms with Gasteiger partial charge in [0.1, 0.15) is 6.07 Å². The van der Waals surface area contributed by atoms with Gasteiger partial charge in [-0.05, 0) is 19.9 Å². The Kier molecular flexibility index (Phi) is 3.45. The molecule has 0 saturated heterocycles. The van der Waals surface area contributed by atoms with Gasteiger partial charge < -0.3 is 4.98 Å². The fraction of sp³-hybridized carbons (Fsp3) is 0.214. The number of sulfone groups is 1. The summed E-state index contributed by atoms with van der Waals surface area (Å²) in [6, 6.07) is 8.82. The number of rotatable bonds is 3. The molecule has 1 N–H and O–H groups in total. The van der Waals surface area contributed by atoms with E-state index < -0.39 is 15.1 Å². The molecule has 2 aromatic rings.